The number of amides is 1. The Kier molecular flexibility index (Phi) is 10.7. The Morgan fingerprint density at radius 2 is 1.59 bits per heavy atom. The molecule has 3 atom stereocenters. The zero-order valence-corrected chi connectivity index (χ0v) is 21.7. The lowest BCUT2D eigenvalue weighted by molar-refractivity contribution is -0.170. The zero-order valence-electron chi connectivity index (χ0n) is 20.9. The molecule has 0 radical (unpaired) electrons. The monoisotopic (exact) mass is 533 g/mol. The second-order valence-corrected chi connectivity index (χ2v) is 8.76. The number of amidine groups is 1. The van der Waals surface area contributed by atoms with E-state index in [1.807, 2.05) is 36.4 Å². The number of rotatable bonds is 10. The molecule has 1 unspecified atom stereocenters. The van der Waals surface area contributed by atoms with Gasteiger partial charge in [-0.15, -0.1) is 12.4 Å². The Morgan fingerprint density at radius 3 is 2.16 bits per heavy atom. The first-order valence-corrected chi connectivity index (χ1v) is 11.7. The van der Waals surface area contributed by atoms with Gasteiger partial charge in [0, 0.05) is 12.5 Å². The third-order valence-corrected chi connectivity index (χ3v) is 5.43. The van der Waals surface area contributed by atoms with Gasteiger partial charge in [0.25, 0.3) is 0 Å². The smallest absolute Gasteiger partial charge is 0.491 e. The van der Waals surface area contributed by atoms with E-state index in [1.165, 1.54) is 6.92 Å². The quantitative estimate of drug-likeness (QED) is 0.181. The number of carbonyl (C=O) groups excluding carboxylic acids is 3. The van der Waals surface area contributed by atoms with Crippen LogP contribution in [0.5, 0.6) is 5.75 Å². The molecule has 2 aromatic carbocycles. The van der Waals surface area contributed by atoms with Gasteiger partial charge in [-0.2, -0.15) is 0 Å². The van der Waals surface area contributed by atoms with Gasteiger partial charge in [0.1, 0.15) is 18.2 Å². The van der Waals surface area contributed by atoms with Crippen LogP contribution in [0.25, 0.3) is 11.1 Å². The molecule has 0 aromatic heterocycles. The molecule has 4 N–H and O–H groups in total. The second kappa shape index (κ2) is 13.5. The Labute approximate surface area is 221 Å². The summed E-state index contributed by atoms with van der Waals surface area (Å²) >= 11 is 0. The SMILES string of the molecule is CC(C)OC(=O)OC(C)OC(=O)C[C@@H]1C[C@@H](COc2ccc(-c3ccc(C(=N)N)cc3)cc2)NC1=O.Cl. The Balaban J connectivity index is 0.00000481. The maximum absolute atomic E-state index is 12.3. The molecule has 1 heterocycles. The van der Waals surface area contributed by atoms with Gasteiger partial charge in [-0.25, -0.2) is 4.79 Å². The third-order valence-electron chi connectivity index (χ3n) is 5.43. The van der Waals surface area contributed by atoms with Crippen LogP contribution in [0.1, 0.15) is 39.2 Å². The van der Waals surface area contributed by atoms with Crippen LogP contribution in [0.2, 0.25) is 0 Å². The molecule has 11 heteroatoms. The molecular weight excluding hydrogens is 502 g/mol. The highest BCUT2D eigenvalue weighted by Crippen LogP contribution is 2.24. The van der Waals surface area contributed by atoms with Crippen molar-refractivity contribution in [1.29, 1.82) is 5.41 Å². The first-order valence-electron chi connectivity index (χ1n) is 11.7. The lowest BCUT2D eigenvalue weighted by Gasteiger charge is -2.16. The van der Waals surface area contributed by atoms with Gasteiger partial charge in [0.2, 0.25) is 12.2 Å². The molecule has 1 fully saturated rings. The maximum Gasteiger partial charge on any atom is 0.511 e. The first-order chi connectivity index (χ1) is 17.1. The van der Waals surface area contributed by atoms with Crippen LogP contribution in [0, 0.1) is 11.3 Å². The fourth-order valence-corrected chi connectivity index (χ4v) is 3.71. The van der Waals surface area contributed by atoms with Gasteiger partial charge in [0.05, 0.1) is 24.5 Å². The van der Waals surface area contributed by atoms with E-state index in [0.717, 1.165) is 11.1 Å². The van der Waals surface area contributed by atoms with E-state index in [1.54, 1.807) is 26.0 Å². The molecule has 0 saturated carbocycles. The van der Waals surface area contributed by atoms with Gasteiger partial charge in [-0.05, 0) is 43.5 Å². The maximum atomic E-state index is 12.3. The number of nitrogens with two attached hydrogens (primary N) is 1. The summed E-state index contributed by atoms with van der Waals surface area (Å²) in [5.74, 6) is -0.779. The van der Waals surface area contributed by atoms with Crippen molar-refractivity contribution in [3.63, 3.8) is 0 Å². The molecule has 200 valence electrons. The second-order valence-electron chi connectivity index (χ2n) is 8.76. The van der Waals surface area contributed by atoms with Gasteiger partial charge >= 0.3 is 12.1 Å². The zero-order chi connectivity index (χ0) is 26.2. The Bertz CT molecular complexity index is 1090. The van der Waals surface area contributed by atoms with E-state index < -0.39 is 24.3 Å². The van der Waals surface area contributed by atoms with Gasteiger partial charge in [-0.3, -0.25) is 15.0 Å². The van der Waals surface area contributed by atoms with Crippen LogP contribution in [0.3, 0.4) is 0 Å². The van der Waals surface area contributed by atoms with Crippen LogP contribution in [0.4, 0.5) is 4.79 Å². The van der Waals surface area contributed by atoms with Crippen molar-refractivity contribution in [1.82, 2.24) is 5.32 Å². The predicted molar refractivity (Wildman–Crippen MR) is 139 cm³/mol. The summed E-state index contributed by atoms with van der Waals surface area (Å²) < 4.78 is 20.6. The molecule has 10 nitrogen and oxygen atoms in total. The topological polar surface area (TPSA) is 150 Å². The van der Waals surface area contributed by atoms with Crippen molar-refractivity contribution < 1.29 is 33.3 Å². The molecule has 1 aliphatic heterocycles. The lowest BCUT2D eigenvalue weighted by atomic mass is 10.0. The summed E-state index contributed by atoms with van der Waals surface area (Å²) in [6.07, 6.45) is -2.13. The number of halogens is 1. The number of nitrogen functional groups attached to an aromatic ring is 1. The van der Waals surface area contributed by atoms with Crippen molar-refractivity contribution in [2.75, 3.05) is 6.61 Å². The number of carbonyl (C=O) groups is 3. The summed E-state index contributed by atoms with van der Waals surface area (Å²) in [7, 11) is 0. The highest BCUT2D eigenvalue weighted by atomic mass is 35.5. The predicted octanol–water partition coefficient (Wildman–Crippen LogP) is 3.78. The van der Waals surface area contributed by atoms with Crippen LogP contribution in [0.15, 0.2) is 48.5 Å². The minimum atomic E-state index is -1.12. The van der Waals surface area contributed by atoms with Crippen LogP contribution in [-0.4, -0.2) is 48.9 Å². The number of hydrogen-bond acceptors (Lipinski definition) is 8. The summed E-state index contributed by atoms with van der Waals surface area (Å²) in [5, 5.41) is 10.3. The minimum Gasteiger partial charge on any atom is -0.491 e. The molecule has 1 aliphatic rings. The summed E-state index contributed by atoms with van der Waals surface area (Å²) in [5.41, 5.74) is 8.13. The van der Waals surface area contributed by atoms with Crippen molar-refractivity contribution in [3.8, 4) is 16.9 Å². The van der Waals surface area contributed by atoms with Gasteiger partial charge < -0.3 is 30.0 Å². The average molecular weight is 534 g/mol. The van der Waals surface area contributed by atoms with Gasteiger partial charge in [-0.1, -0.05) is 36.4 Å². The highest BCUT2D eigenvalue weighted by molar-refractivity contribution is 5.95. The van der Waals surface area contributed by atoms with E-state index in [4.69, 9.17) is 30.1 Å². The molecule has 2 aromatic rings. The van der Waals surface area contributed by atoms with Crippen LogP contribution in [-0.2, 0) is 23.8 Å². The summed E-state index contributed by atoms with van der Waals surface area (Å²) in [4.78, 5) is 35.9. The summed E-state index contributed by atoms with van der Waals surface area (Å²) in [6, 6.07) is 14.7. The molecule has 0 spiro atoms. The molecule has 0 bridgehead atoms. The standard InChI is InChI=1S/C26H31N3O7.ClH/c1-15(2)34-26(32)36-16(3)35-23(30)13-20-12-21(29-25(20)31)14-33-22-10-8-18(9-11-22)17-4-6-19(7-5-17)24(27)28;/h4-11,15-16,20-21H,12-14H2,1-3H3,(H3,27,28)(H,29,31);1H/t16?,20-,21-;/m0./s1. The molecule has 0 aliphatic carbocycles. The van der Waals surface area contributed by atoms with Crippen molar-refractivity contribution in [3.05, 3.63) is 54.1 Å². The van der Waals surface area contributed by atoms with Crippen LogP contribution < -0.4 is 15.8 Å². The third kappa shape index (κ3) is 8.98. The molecule has 1 amide bonds. The number of esters is 1. The number of nitrogens with one attached hydrogen (secondary N) is 2. The highest BCUT2D eigenvalue weighted by Gasteiger charge is 2.34. The van der Waals surface area contributed by atoms with Gasteiger partial charge in [0.15, 0.2) is 0 Å². The molecule has 3 rings (SSSR count). The lowest BCUT2D eigenvalue weighted by Crippen LogP contribution is -2.31. The fraction of sp³-hybridized carbons (Fsp3) is 0.385. The molecule has 1 saturated heterocycles. The van der Waals surface area contributed by atoms with E-state index >= 15 is 0 Å². The average Bonchev–Trinajstić information content (AvgIpc) is 3.16. The van der Waals surface area contributed by atoms with Crippen molar-refractivity contribution >= 4 is 36.3 Å². The van der Waals surface area contributed by atoms with Crippen molar-refractivity contribution in [2.45, 2.75) is 52.0 Å². The van der Waals surface area contributed by atoms with E-state index in [2.05, 4.69) is 5.32 Å². The Hall–Kier alpha value is -3.79. The molecular formula is C26H32ClN3O7. The van der Waals surface area contributed by atoms with Crippen LogP contribution >= 0.6 is 12.4 Å². The number of hydrogen-bond donors (Lipinski definition) is 3. The van der Waals surface area contributed by atoms with E-state index in [9.17, 15) is 14.4 Å². The van der Waals surface area contributed by atoms with Crippen molar-refractivity contribution in [2.24, 2.45) is 11.7 Å². The van der Waals surface area contributed by atoms with E-state index in [0.29, 0.717) is 17.7 Å². The Morgan fingerprint density at radius 1 is 1.00 bits per heavy atom. The van der Waals surface area contributed by atoms with E-state index in [-0.39, 0.29) is 49.3 Å². The number of ether oxygens (including phenoxy) is 4. The molecule has 37 heavy (non-hydrogen) atoms. The minimum absolute atomic E-state index is 0. The fourth-order valence-electron chi connectivity index (χ4n) is 3.71. The summed E-state index contributed by atoms with van der Waals surface area (Å²) in [6.45, 7) is 4.99. The largest absolute Gasteiger partial charge is 0.511 e. The number of benzene rings is 2. The first kappa shape index (κ1) is 29.4. The normalized spacial score (nSPS) is 17.2.